The van der Waals surface area contributed by atoms with Crippen LogP contribution < -0.4 is 14.8 Å². The van der Waals surface area contributed by atoms with Crippen LogP contribution in [0.15, 0.2) is 54.1 Å². The van der Waals surface area contributed by atoms with Gasteiger partial charge in [0.15, 0.2) is 0 Å². The van der Waals surface area contributed by atoms with Crippen LogP contribution in [0.25, 0.3) is 6.08 Å². The summed E-state index contributed by atoms with van der Waals surface area (Å²) in [6.45, 7) is -3.01. The molecule has 0 heterocycles. The molecule has 0 saturated heterocycles. The lowest BCUT2D eigenvalue weighted by Crippen LogP contribution is -2.14. The average Bonchev–Trinajstić information content (AvgIpc) is 2.60. The molecule has 2 rings (SSSR count). The predicted molar refractivity (Wildman–Crippen MR) is 88.3 cm³/mol. The molecule has 7 heteroatoms. The van der Waals surface area contributed by atoms with Crippen molar-refractivity contribution in [3.05, 3.63) is 59.7 Å². The van der Waals surface area contributed by atoms with E-state index in [2.05, 4.69) is 10.1 Å². The normalized spacial score (nSPS) is 10.9. The number of carbonyl (C=O) groups is 1. The largest absolute Gasteiger partial charge is 0.495 e. The number of ether oxygens (including phenoxy) is 2. The molecule has 0 aliphatic heterocycles. The molecule has 0 bridgehead atoms. The maximum Gasteiger partial charge on any atom is 0.387 e. The van der Waals surface area contributed by atoms with Gasteiger partial charge in [-0.3, -0.25) is 4.79 Å². The number of nitrogens with one attached hydrogen (secondary N) is 1. The van der Waals surface area contributed by atoms with Crippen molar-refractivity contribution in [1.82, 2.24) is 0 Å². The Kier molecular flexibility index (Phi) is 6.07. The van der Waals surface area contributed by atoms with Crippen molar-refractivity contribution in [1.29, 1.82) is 5.26 Å². The Labute approximate surface area is 143 Å². The van der Waals surface area contributed by atoms with Crippen LogP contribution in [-0.2, 0) is 4.79 Å². The van der Waals surface area contributed by atoms with Gasteiger partial charge < -0.3 is 14.8 Å². The van der Waals surface area contributed by atoms with Gasteiger partial charge in [0.05, 0.1) is 12.8 Å². The summed E-state index contributed by atoms with van der Waals surface area (Å²) in [7, 11) is 1.45. The highest BCUT2D eigenvalue weighted by atomic mass is 19.3. The molecule has 0 aromatic heterocycles. The maximum atomic E-state index is 12.4. The Hall–Kier alpha value is -3.40. The van der Waals surface area contributed by atoms with E-state index in [0.29, 0.717) is 11.4 Å². The SMILES string of the molecule is COc1ccccc1NC(=O)/C(C#N)=C/c1ccccc1OC(F)F. The number of nitrogens with zero attached hydrogens (tertiary/aromatic N) is 1. The Morgan fingerprint density at radius 3 is 2.44 bits per heavy atom. The summed E-state index contributed by atoms with van der Waals surface area (Å²) in [5.41, 5.74) is 0.305. The minimum Gasteiger partial charge on any atom is -0.495 e. The molecular formula is C18H14F2N2O3. The van der Waals surface area contributed by atoms with Gasteiger partial charge in [-0.15, -0.1) is 0 Å². The van der Waals surface area contributed by atoms with Crippen LogP contribution >= 0.6 is 0 Å². The van der Waals surface area contributed by atoms with Crippen LogP contribution in [0.5, 0.6) is 11.5 Å². The van der Waals surface area contributed by atoms with Crippen LogP contribution in [0.4, 0.5) is 14.5 Å². The quantitative estimate of drug-likeness (QED) is 0.638. The van der Waals surface area contributed by atoms with Crippen LogP contribution in [0, 0.1) is 11.3 Å². The number of carbonyl (C=O) groups excluding carboxylic acids is 1. The minimum absolute atomic E-state index is 0.129. The van der Waals surface area contributed by atoms with E-state index >= 15 is 0 Å². The van der Waals surface area contributed by atoms with E-state index in [0.717, 1.165) is 0 Å². The molecule has 2 aromatic carbocycles. The summed E-state index contributed by atoms with van der Waals surface area (Å²) < 4.78 is 34.4. The first-order valence-electron chi connectivity index (χ1n) is 7.15. The van der Waals surface area contributed by atoms with E-state index in [9.17, 15) is 18.8 Å². The van der Waals surface area contributed by atoms with E-state index in [1.807, 2.05) is 0 Å². The Morgan fingerprint density at radius 1 is 1.16 bits per heavy atom. The second-order valence-corrected chi connectivity index (χ2v) is 4.74. The monoisotopic (exact) mass is 344 g/mol. The first-order chi connectivity index (χ1) is 12.0. The van der Waals surface area contributed by atoms with Crippen LogP contribution in [-0.4, -0.2) is 19.6 Å². The second kappa shape index (κ2) is 8.45. The smallest absolute Gasteiger partial charge is 0.387 e. The highest BCUT2D eigenvalue weighted by Crippen LogP contribution is 2.25. The highest BCUT2D eigenvalue weighted by molar-refractivity contribution is 6.10. The Balaban J connectivity index is 2.29. The van der Waals surface area contributed by atoms with Crippen molar-refractivity contribution in [2.24, 2.45) is 0 Å². The molecule has 0 unspecified atom stereocenters. The van der Waals surface area contributed by atoms with E-state index in [1.54, 1.807) is 36.4 Å². The fourth-order valence-corrected chi connectivity index (χ4v) is 2.04. The number of hydrogen-bond acceptors (Lipinski definition) is 4. The molecule has 0 fully saturated rings. The average molecular weight is 344 g/mol. The molecule has 1 N–H and O–H groups in total. The number of amides is 1. The summed E-state index contributed by atoms with van der Waals surface area (Å²) in [6, 6.07) is 14.3. The standard InChI is InChI=1S/C18H14F2N2O3/c1-24-16-9-5-3-7-14(16)22-17(23)13(11-21)10-12-6-2-4-8-15(12)25-18(19)20/h2-10,18H,1H3,(H,22,23)/b13-10+. The Morgan fingerprint density at radius 2 is 1.80 bits per heavy atom. The summed E-state index contributed by atoms with van der Waals surface area (Å²) in [4.78, 5) is 12.3. The zero-order chi connectivity index (χ0) is 18.2. The molecule has 0 aliphatic carbocycles. The molecule has 1 amide bonds. The van der Waals surface area contributed by atoms with E-state index in [-0.39, 0.29) is 16.9 Å². The number of rotatable bonds is 6. The van der Waals surface area contributed by atoms with E-state index in [1.165, 1.54) is 31.4 Å². The zero-order valence-corrected chi connectivity index (χ0v) is 13.2. The summed E-state index contributed by atoms with van der Waals surface area (Å²) in [5.74, 6) is -0.399. The number of anilines is 1. The van der Waals surface area contributed by atoms with Crippen molar-refractivity contribution in [3.8, 4) is 17.6 Å². The van der Waals surface area contributed by atoms with E-state index in [4.69, 9.17) is 4.74 Å². The molecule has 0 spiro atoms. The molecule has 5 nitrogen and oxygen atoms in total. The van der Waals surface area contributed by atoms with Gasteiger partial charge >= 0.3 is 6.61 Å². The third-order valence-electron chi connectivity index (χ3n) is 3.16. The predicted octanol–water partition coefficient (Wildman–Crippen LogP) is 3.84. The Bertz CT molecular complexity index is 829. The summed E-state index contributed by atoms with van der Waals surface area (Å²) >= 11 is 0. The highest BCUT2D eigenvalue weighted by Gasteiger charge is 2.14. The fraction of sp³-hybridized carbons (Fsp3) is 0.111. The number of methoxy groups -OCH3 is 1. The number of para-hydroxylation sites is 3. The number of benzene rings is 2. The third-order valence-corrected chi connectivity index (χ3v) is 3.16. The van der Waals surface area contributed by atoms with Crippen molar-refractivity contribution < 1.29 is 23.0 Å². The lowest BCUT2D eigenvalue weighted by Gasteiger charge is -2.10. The van der Waals surface area contributed by atoms with Gasteiger partial charge in [-0.25, -0.2) is 0 Å². The summed E-state index contributed by atoms with van der Waals surface area (Å²) in [5, 5.41) is 11.8. The van der Waals surface area contributed by atoms with Gasteiger partial charge in [0.25, 0.3) is 5.91 Å². The zero-order valence-electron chi connectivity index (χ0n) is 13.2. The van der Waals surface area contributed by atoms with Crippen molar-refractivity contribution in [2.75, 3.05) is 12.4 Å². The lowest BCUT2D eigenvalue weighted by molar-refractivity contribution is -0.112. The number of halogens is 2. The first kappa shape index (κ1) is 17.9. The third kappa shape index (κ3) is 4.78. The lowest BCUT2D eigenvalue weighted by atomic mass is 10.1. The molecule has 128 valence electrons. The number of alkyl halides is 2. The van der Waals surface area contributed by atoms with E-state index < -0.39 is 12.5 Å². The van der Waals surface area contributed by atoms with Crippen LogP contribution in [0.1, 0.15) is 5.56 Å². The van der Waals surface area contributed by atoms with Gasteiger partial charge in [0.2, 0.25) is 0 Å². The topological polar surface area (TPSA) is 71.3 Å². The molecule has 0 radical (unpaired) electrons. The molecular weight excluding hydrogens is 330 g/mol. The van der Waals surface area contributed by atoms with Crippen LogP contribution in [0.3, 0.4) is 0 Å². The van der Waals surface area contributed by atoms with Crippen molar-refractivity contribution in [3.63, 3.8) is 0 Å². The van der Waals surface area contributed by atoms with Crippen molar-refractivity contribution in [2.45, 2.75) is 6.61 Å². The summed E-state index contributed by atoms with van der Waals surface area (Å²) in [6.07, 6.45) is 1.18. The fourth-order valence-electron chi connectivity index (χ4n) is 2.04. The minimum atomic E-state index is -3.01. The van der Waals surface area contributed by atoms with Gasteiger partial charge in [0.1, 0.15) is 23.1 Å². The number of nitriles is 1. The van der Waals surface area contributed by atoms with Crippen LogP contribution in [0.2, 0.25) is 0 Å². The maximum absolute atomic E-state index is 12.4. The van der Waals surface area contributed by atoms with Gasteiger partial charge in [-0.2, -0.15) is 14.0 Å². The second-order valence-electron chi connectivity index (χ2n) is 4.74. The molecule has 0 saturated carbocycles. The molecule has 0 aliphatic rings. The molecule has 25 heavy (non-hydrogen) atoms. The molecule has 0 atom stereocenters. The molecule has 2 aromatic rings. The van der Waals surface area contributed by atoms with Gasteiger partial charge in [0, 0.05) is 5.56 Å². The van der Waals surface area contributed by atoms with Gasteiger partial charge in [-0.05, 0) is 24.3 Å². The number of hydrogen-bond donors (Lipinski definition) is 1. The van der Waals surface area contributed by atoms with Crippen molar-refractivity contribution >= 4 is 17.7 Å². The first-order valence-corrected chi connectivity index (χ1v) is 7.15. The van der Waals surface area contributed by atoms with Gasteiger partial charge in [-0.1, -0.05) is 30.3 Å².